The Morgan fingerprint density at radius 2 is 1.39 bits per heavy atom. The maximum Gasteiger partial charge on any atom is 0.338 e. The lowest BCUT2D eigenvalue weighted by molar-refractivity contribution is 0.0420. The minimum Gasteiger partial charge on any atom is -0.460 e. The van der Waals surface area contributed by atoms with E-state index in [1.54, 1.807) is 30.3 Å². The number of esters is 1. The van der Waals surface area contributed by atoms with Crippen LogP contribution in [0.5, 0.6) is 0 Å². The van der Waals surface area contributed by atoms with Crippen LogP contribution in [0.1, 0.15) is 47.7 Å². The first-order chi connectivity index (χ1) is 16.2. The molecule has 0 aliphatic rings. The van der Waals surface area contributed by atoms with Crippen LogP contribution < -0.4 is 0 Å². The molecule has 33 heavy (non-hydrogen) atoms. The van der Waals surface area contributed by atoms with Gasteiger partial charge in [-0.3, -0.25) is 4.99 Å². The van der Waals surface area contributed by atoms with Crippen molar-refractivity contribution >= 4 is 11.7 Å². The van der Waals surface area contributed by atoms with Gasteiger partial charge in [-0.2, -0.15) is 0 Å². The molecule has 0 radical (unpaired) electrons. The number of hydrogen-bond donors (Lipinski definition) is 1. The number of benzene rings is 3. The van der Waals surface area contributed by atoms with Gasteiger partial charge in [0, 0.05) is 11.1 Å². The van der Waals surface area contributed by atoms with Gasteiger partial charge in [0.15, 0.2) is 0 Å². The molecule has 0 bridgehead atoms. The standard InChI is InChI=1S/C29H31NO3/c1-2-3-4-14-21-27(31)26(22-33-29(32)25-19-12-7-13-20-25)30-28(23-15-8-5-9-16-23)24-17-10-6-11-18-24/h5-21,26-27,31H,2-4,22H2,1H3/b21-14+/t26-,27-/m0/s1. The Labute approximate surface area is 196 Å². The summed E-state index contributed by atoms with van der Waals surface area (Å²) in [6.45, 7) is 2.10. The van der Waals surface area contributed by atoms with E-state index in [4.69, 9.17) is 9.73 Å². The molecule has 0 saturated heterocycles. The van der Waals surface area contributed by atoms with Gasteiger partial charge in [0.05, 0.1) is 17.4 Å². The molecule has 170 valence electrons. The Morgan fingerprint density at radius 3 is 1.91 bits per heavy atom. The summed E-state index contributed by atoms with van der Waals surface area (Å²) in [6, 6.07) is 27.9. The van der Waals surface area contributed by atoms with Crippen molar-refractivity contribution in [3.05, 3.63) is 120 Å². The molecule has 1 N–H and O–H groups in total. The second kappa shape index (κ2) is 13.1. The summed E-state index contributed by atoms with van der Waals surface area (Å²) < 4.78 is 5.57. The fourth-order valence-corrected chi connectivity index (χ4v) is 3.39. The second-order valence-corrected chi connectivity index (χ2v) is 7.80. The maximum absolute atomic E-state index is 12.5. The zero-order chi connectivity index (χ0) is 23.3. The lowest BCUT2D eigenvalue weighted by atomic mass is 10.0. The van der Waals surface area contributed by atoms with Crippen LogP contribution in [-0.4, -0.2) is 35.5 Å². The first-order valence-corrected chi connectivity index (χ1v) is 11.4. The van der Waals surface area contributed by atoms with Crippen molar-refractivity contribution in [3.8, 4) is 0 Å². The van der Waals surface area contributed by atoms with Gasteiger partial charge in [-0.05, 0) is 18.6 Å². The SMILES string of the molecule is CCCC/C=C/[C@H](O)[C@H](COC(=O)c1ccccc1)N=C(c1ccccc1)c1ccccc1. The quantitative estimate of drug-likeness (QED) is 0.176. The summed E-state index contributed by atoms with van der Waals surface area (Å²) in [7, 11) is 0. The molecular weight excluding hydrogens is 410 g/mol. The Balaban J connectivity index is 1.90. The largest absolute Gasteiger partial charge is 0.460 e. The highest BCUT2D eigenvalue weighted by Crippen LogP contribution is 2.15. The molecule has 0 fully saturated rings. The highest BCUT2D eigenvalue weighted by Gasteiger charge is 2.21. The number of aliphatic hydroxyl groups excluding tert-OH is 1. The van der Waals surface area contributed by atoms with Crippen LogP contribution in [0.3, 0.4) is 0 Å². The van der Waals surface area contributed by atoms with E-state index in [2.05, 4.69) is 6.92 Å². The fraction of sp³-hybridized carbons (Fsp3) is 0.241. The molecule has 0 aromatic heterocycles. The van der Waals surface area contributed by atoms with Gasteiger partial charge in [-0.1, -0.05) is 111 Å². The molecule has 0 unspecified atom stereocenters. The molecule has 0 amide bonds. The van der Waals surface area contributed by atoms with E-state index in [0.29, 0.717) is 5.56 Å². The van der Waals surface area contributed by atoms with Crippen LogP contribution in [0.25, 0.3) is 0 Å². The number of carbonyl (C=O) groups excluding carboxylic acids is 1. The van der Waals surface area contributed by atoms with Crippen LogP contribution >= 0.6 is 0 Å². The highest BCUT2D eigenvalue weighted by atomic mass is 16.5. The van der Waals surface area contributed by atoms with E-state index in [1.165, 1.54) is 0 Å². The van der Waals surface area contributed by atoms with Crippen molar-refractivity contribution in [1.29, 1.82) is 0 Å². The Morgan fingerprint density at radius 1 is 0.879 bits per heavy atom. The number of ether oxygens (including phenoxy) is 1. The number of hydrogen-bond acceptors (Lipinski definition) is 4. The number of aliphatic imine (C=N–C) groups is 1. The van der Waals surface area contributed by atoms with Gasteiger partial charge in [-0.15, -0.1) is 0 Å². The average Bonchev–Trinajstić information content (AvgIpc) is 2.88. The third-order valence-electron chi connectivity index (χ3n) is 5.24. The van der Waals surface area contributed by atoms with Crippen molar-refractivity contribution in [1.82, 2.24) is 0 Å². The van der Waals surface area contributed by atoms with Crippen LogP contribution in [0.15, 0.2) is 108 Å². The van der Waals surface area contributed by atoms with Gasteiger partial charge >= 0.3 is 5.97 Å². The van der Waals surface area contributed by atoms with E-state index in [1.807, 2.05) is 72.8 Å². The van der Waals surface area contributed by atoms with Gasteiger partial charge in [0.1, 0.15) is 12.6 Å². The number of allylic oxidation sites excluding steroid dienone is 1. The number of aliphatic hydroxyl groups is 1. The van der Waals surface area contributed by atoms with Crippen molar-refractivity contribution in [2.45, 2.75) is 38.3 Å². The predicted molar refractivity (Wildman–Crippen MR) is 134 cm³/mol. The third-order valence-corrected chi connectivity index (χ3v) is 5.24. The van der Waals surface area contributed by atoms with E-state index in [0.717, 1.165) is 36.1 Å². The molecule has 4 heteroatoms. The summed E-state index contributed by atoms with van der Waals surface area (Å²) in [5, 5.41) is 10.9. The molecule has 2 atom stereocenters. The van der Waals surface area contributed by atoms with Crippen molar-refractivity contribution in [2.75, 3.05) is 6.61 Å². The third kappa shape index (κ3) is 7.55. The lowest BCUT2D eigenvalue weighted by Gasteiger charge is -2.19. The van der Waals surface area contributed by atoms with Crippen molar-refractivity contribution in [3.63, 3.8) is 0 Å². The highest BCUT2D eigenvalue weighted by molar-refractivity contribution is 6.13. The molecule has 0 spiro atoms. The van der Waals surface area contributed by atoms with Crippen LogP contribution in [0, 0.1) is 0 Å². The van der Waals surface area contributed by atoms with Crippen LogP contribution in [-0.2, 0) is 4.74 Å². The molecule has 3 aromatic carbocycles. The minimum absolute atomic E-state index is 0.0316. The second-order valence-electron chi connectivity index (χ2n) is 7.80. The zero-order valence-corrected chi connectivity index (χ0v) is 19.0. The molecule has 0 saturated carbocycles. The molecular formula is C29H31NO3. The smallest absolute Gasteiger partial charge is 0.338 e. The Bertz CT molecular complexity index is 989. The molecule has 3 rings (SSSR count). The van der Waals surface area contributed by atoms with Crippen LogP contribution in [0.4, 0.5) is 0 Å². The zero-order valence-electron chi connectivity index (χ0n) is 19.0. The summed E-state index contributed by atoms with van der Waals surface area (Å²) in [4.78, 5) is 17.4. The lowest BCUT2D eigenvalue weighted by Crippen LogP contribution is -2.30. The average molecular weight is 442 g/mol. The monoisotopic (exact) mass is 441 g/mol. The van der Waals surface area contributed by atoms with Crippen molar-refractivity contribution in [2.24, 2.45) is 4.99 Å². The Hall–Kier alpha value is -3.50. The van der Waals surface area contributed by atoms with E-state index in [-0.39, 0.29) is 6.61 Å². The van der Waals surface area contributed by atoms with E-state index >= 15 is 0 Å². The topological polar surface area (TPSA) is 58.9 Å². The summed E-state index contributed by atoms with van der Waals surface area (Å²) in [5.74, 6) is -0.432. The number of carbonyl (C=O) groups is 1. The maximum atomic E-state index is 12.5. The van der Waals surface area contributed by atoms with E-state index < -0.39 is 18.1 Å². The Kier molecular flexibility index (Phi) is 9.62. The summed E-state index contributed by atoms with van der Waals surface area (Å²) in [6.07, 6.45) is 5.88. The fourth-order valence-electron chi connectivity index (χ4n) is 3.39. The number of unbranched alkanes of at least 4 members (excludes halogenated alkanes) is 2. The van der Waals surface area contributed by atoms with Crippen molar-refractivity contribution < 1.29 is 14.6 Å². The molecule has 4 nitrogen and oxygen atoms in total. The number of rotatable bonds is 11. The predicted octanol–water partition coefficient (Wildman–Crippen LogP) is 5.86. The molecule has 0 aliphatic heterocycles. The van der Waals surface area contributed by atoms with Gasteiger partial charge in [-0.25, -0.2) is 4.79 Å². The van der Waals surface area contributed by atoms with E-state index in [9.17, 15) is 9.90 Å². The first kappa shape index (κ1) is 24.1. The van der Waals surface area contributed by atoms with Gasteiger partial charge in [0.25, 0.3) is 0 Å². The molecule has 3 aromatic rings. The van der Waals surface area contributed by atoms with Crippen LogP contribution in [0.2, 0.25) is 0 Å². The number of nitrogens with zero attached hydrogens (tertiary/aromatic N) is 1. The minimum atomic E-state index is -0.882. The normalized spacial score (nSPS) is 12.8. The van der Waals surface area contributed by atoms with Gasteiger partial charge in [0.2, 0.25) is 0 Å². The summed E-state index contributed by atoms with van der Waals surface area (Å²) in [5.41, 5.74) is 3.09. The van der Waals surface area contributed by atoms with Gasteiger partial charge < -0.3 is 9.84 Å². The summed E-state index contributed by atoms with van der Waals surface area (Å²) >= 11 is 0. The first-order valence-electron chi connectivity index (χ1n) is 11.4. The molecule has 0 heterocycles. The molecule has 0 aliphatic carbocycles.